The molecule has 2 aromatic carbocycles. The van der Waals surface area contributed by atoms with Gasteiger partial charge in [-0.25, -0.2) is 0 Å². The Kier molecular flexibility index (Phi) is 6.06. The third kappa shape index (κ3) is 4.45. The second-order valence-electron chi connectivity index (χ2n) is 5.65. The second kappa shape index (κ2) is 8.48. The number of nitrogens with one attached hydrogen (secondary N) is 1. The molecule has 0 radical (unpaired) electrons. The molecule has 0 fully saturated rings. The maximum Gasteiger partial charge on any atom is 0.255 e. The Bertz CT molecular complexity index is 968. The van der Waals surface area contributed by atoms with Gasteiger partial charge < -0.3 is 19.6 Å². The van der Waals surface area contributed by atoms with Crippen LogP contribution in [0.4, 0.5) is 5.69 Å². The van der Waals surface area contributed by atoms with Crippen LogP contribution >= 0.6 is 23.2 Å². The van der Waals surface area contributed by atoms with Gasteiger partial charge in [0, 0.05) is 16.8 Å². The average Bonchev–Trinajstić information content (AvgIpc) is 3.14. The number of furan rings is 1. The number of carbonyl (C=O) groups excluding carboxylic acids is 1. The molecule has 5 nitrogen and oxygen atoms in total. The number of ether oxygens (including phenoxy) is 1. The molecule has 0 unspecified atom stereocenters. The van der Waals surface area contributed by atoms with E-state index in [9.17, 15) is 4.79 Å². The minimum Gasteiger partial charge on any atom is -0.492 e. The van der Waals surface area contributed by atoms with Gasteiger partial charge in [0.15, 0.2) is 0 Å². The summed E-state index contributed by atoms with van der Waals surface area (Å²) in [7, 11) is 0. The molecule has 0 spiro atoms. The van der Waals surface area contributed by atoms with E-state index in [1.165, 1.54) is 0 Å². The SMILES string of the molecule is CCOc1ccc(C(=O)Nc2ccc(Cl)c(-c3ccc(CO)o3)c2)cc1Cl. The third-order valence-corrected chi connectivity index (χ3v) is 4.43. The average molecular weight is 406 g/mol. The van der Waals surface area contributed by atoms with Gasteiger partial charge in [-0.3, -0.25) is 4.79 Å². The molecule has 0 bridgehead atoms. The van der Waals surface area contributed by atoms with Gasteiger partial charge in [0.05, 0.1) is 16.7 Å². The van der Waals surface area contributed by atoms with E-state index in [2.05, 4.69) is 5.32 Å². The maximum atomic E-state index is 12.5. The van der Waals surface area contributed by atoms with Gasteiger partial charge in [0.25, 0.3) is 5.91 Å². The van der Waals surface area contributed by atoms with Gasteiger partial charge in [-0.05, 0) is 55.5 Å². The Hall–Kier alpha value is -2.47. The van der Waals surface area contributed by atoms with Crippen molar-refractivity contribution in [3.8, 4) is 17.1 Å². The lowest BCUT2D eigenvalue weighted by Crippen LogP contribution is -2.12. The van der Waals surface area contributed by atoms with Crippen molar-refractivity contribution in [2.75, 3.05) is 11.9 Å². The fourth-order valence-corrected chi connectivity index (χ4v) is 2.96. The summed E-state index contributed by atoms with van der Waals surface area (Å²) in [4.78, 5) is 12.5. The van der Waals surface area contributed by atoms with Crippen LogP contribution in [-0.4, -0.2) is 17.6 Å². The van der Waals surface area contributed by atoms with Crippen LogP contribution in [0.15, 0.2) is 52.9 Å². The van der Waals surface area contributed by atoms with Crippen LogP contribution in [0.3, 0.4) is 0 Å². The number of aliphatic hydroxyl groups is 1. The number of hydrogen-bond donors (Lipinski definition) is 2. The first kappa shape index (κ1) is 19.3. The third-order valence-electron chi connectivity index (χ3n) is 3.80. The van der Waals surface area contributed by atoms with Gasteiger partial charge >= 0.3 is 0 Å². The molecule has 140 valence electrons. The molecule has 7 heteroatoms. The number of amides is 1. The molecule has 0 saturated carbocycles. The summed E-state index contributed by atoms with van der Waals surface area (Å²) in [5.74, 6) is 1.15. The highest BCUT2D eigenvalue weighted by Gasteiger charge is 2.13. The van der Waals surface area contributed by atoms with Crippen LogP contribution in [0.25, 0.3) is 11.3 Å². The van der Waals surface area contributed by atoms with Gasteiger partial charge in [0.1, 0.15) is 23.9 Å². The molecule has 1 amide bonds. The van der Waals surface area contributed by atoms with E-state index in [1.54, 1.807) is 48.5 Å². The zero-order valence-electron chi connectivity index (χ0n) is 14.5. The summed E-state index contributed by atoms with van der Waals surface area (Å²) < 4.78 is 10.9. The number of carbonyl (C=O) groups is 1. The highest BCUT2D eigenvalue weighted by atomic mass is 35.5. The first-order valence-electron chi connectivity index (χ1n) is 8.25. The van der Waals surface area contributed by atoms with Gasteiger partial charge in [0.2, 0.25) is 0 Å². The van der Waals surface area contributed by atoms with E-state index in [1.807, 2.05) is 6.92 Å². The molecule has 0 aliphatic heterocycles. The quantitative estimate of drug-likeness (QED) is 0.575. The maximum absolute atomic E-state index is 12.5. The molecule has 2 N–H and O–H groups in total. The number of hydrogen-bond acceptors (Lipinski definition) is 4. The number of halogens is 2. The molecular weight excluding hydrogens is 389 g/mol. The van der Waals surface area contributed by atoms with E-state index in [4.69, 9.17) is 37.5 Å². The first-order chi connectivity index (χ1) is 13.0. The fourth-order valence-electron chi connectivity index (χ4n) is 2.52. The molecular formula is C20H17Cl2NO4. The van der Waals surface area contributed by atoms with Gasteiger partial charge in [-0.1, -0.05) is 23.2 Å². The van der Waals surface area contributed by atoms with Crippen LogP contribution in [0, 0.1) is 0 Å². The summed E-state index contributed by atoms with van der Waals surface area (Å²) in [6.45, 7) is 2.15. The Balaban J connectivity index is 1.82. The molecule has 3 aromatic rings. The summed E-state index contributed by atoms with van der Waals surface area (Å²) >= 11 is 12.4. The summed E-state index contributed by atoms with van der Waals surface area (Å²) in [5, 5.41) is 12.8. The van der Waals surface area contributed by atoms with Crippen molar-refractivity contribution < 1.29 is 19.1 Å². The molecule has 0 aliphatic rings. The monoisotopic (exact) mass is 405 g/mol. The molecule has 0 atom stereocenters. The van der Waals surface area contributed by atoms with Crippen molar-refractivity contribution in [1.82, 2.24) is 0 Å². The number of anilines is 1. The Morgan fingerprint density at radius 3 is 2.59 bits per heavy atom. The number of aliphatic hydroxyl groups excluding tert-OH is 1. The summed E-state index contributed by atoms with van der Waals surface area (Å²) in [5.41, 5.74) is 1.56. The zero-order chi connectivity index (χ0) is 19.4. The van der Waals surface area contributed by atoms with Crippen molar-refractivity contribution in [3.63, 3.8) is 0 Å². The van der Waals surface area contributed by atoms with Gasteiger partial charge in [-0.2, -0.15) is 0 Å². The fraction of sp³-hybridized carbons (Fsp3) is 0.150. The summed E-state index contributed by atoms with van der Waals surface area (Å²) in [6.07, 6.45) is 0. The largest absolute Gasteiger partial charge is 0.492 e. The second-order valence-corrected chi connectivity index (χ2v) is 6.47. The van der Waals surface area contributed by atoms with Crippen molar-refractivity contribution in [2.45, 2.75) is 13.5 Å². The molecule has 1 aromatic heterocycles. The topological polar surface area (TPSA) is 71.7 Å². The Morgan fingerprint density at radius 2 is 1.93 bits per heavy atom. The Labute approximate surface area is 166 Å². The standard InChI is InChI=1S/C20H17Cl2NO4/c1-2-26-19-7-3-12(9-17(19)22)20(25)23-13-4-6-16(21)15(10-13)18-8-5-14(11-24)27-18/h3-10,24H,2,11H2,1H3,(H,23,25). The van der Waals surface area contributed by atoms with E-state index >= 15 is 0 Å². The smallest absolute Gasteiger partial charge is 0.255 e. The lowest BCUT2D eigenvalue weighted by atomic mass is 10.1. The van der Waals surface area contributed by atoms with E-state index < -0.39 is 0 Å². The van der Waals surface area contributed by atoms with Crippen molar-refractivity contribution >= 4 is 34.8 Å². The predicted molar refractivity (Wildman–Crippen MR) is 106 cm³/mol. The summed E-state index contributed by atoms with van der Waals surface area (Å²) in [6, 6.07) is 13.3. The minimum absolute atomic E-state index is 0.202. The van der Waals surface area contributed by atoms with Crippen LogP contribution in [-0.2, 0) is 6.61 Å². The normalized spacial score (nSPS) is 10.7. The molecule has 3 rings (SSSR count). The lowest BCUT2D eigenvalue weighted by molar-refractivity contribution is 0.102. The van der Waals surface area contributed by atoms with Crippen LogP contribution in [0.5, 0.6) is 5.75 Å². The predicted octanol–water partition coefficient (Wildman–Crippen LogP) is 5.40. The Morgan fingerprint density at radius 1 is 1.11 bits per heavy atom. The molecule has 27 heavy (non-hydrogen) atoms. The van der Waals surface area contributed by atoms with E-state index in [-0.39, 0.29) is 12.5 Å². The highest BCUT2D eigenvalue weighted by molar-refractivity contribution is 6.33. The molecule has 0 saturated heterocycles. The first-order valence-corrected chi connectivity index (χ1v) is 9.00. The number of rotatable bonds is 6. The molecule has 0 aliphatic carbocycles. The van der Waals surface area contributed by atoms with Crippen LogP contribution < -0.4 is 10.1 Å². The van der Waals surface area contributed by atoms with Crippen LogP contribution in [0.2, 0.25) is 10.0 Å². The van der Waals surface area contributed by atoms with Gasteiger partial charge in [-0.15, -0.1) is 0 Å². The lowest BCUT2D eigenvalue weighted by Gasteiger charge is -2.10. The zero-order valence-corrected chi connectivity index (χ0v) is 16.0. The van der Waals surface area contributed by atoms with Crippen molar-refractivity contribution in [1.29, 1.82) is 0 Å². The van der Waals surface area contributed by atoms with Crippen molar-refractivity contribution in [2.24, 2.45) is 0 Å². The van der Waals surface area contributed by atoms with Crippen molar-refractivity contribution in [3.05, 3.63) is 69.9 Å². The molecule has 1 heterocycles. The number of benzene rings is 2. The minimum atomic E-state index is -0.316. The van der Waals surface area contributed by atoms with Crippen LogP contribution in [0.1, 0.15) is 23.0 Å². The van der Waals surface area contributed by atoms with E-state index in [0.717, 1.165) is 0 Å². The highest BCUT2D eigenvalue weighted by Crippen LogP contribution is 2.32. The van der Waals surface area contributed by atoms with E-state index in [0.29, 0.717) is 50.7 Å².